The van der Waals surface area contributed by atoms with Crippen LogP contribution in [0.3, 0.4) is 0 Å². The van der Waals surface area contributed by atoms with Gasteiger partial charge in [0.15, 0.2) is 5.75 Å². The van der Waals surface area contributed by atoms with Crippen molar-refractivity contribution in [2.24, 2.45) is 0 Å². The first kappa shape index (κ1) is 27.9. The van der Waals surface area contributed by atoms with Crippen LogP contribution in [0, 0.1) is 15.2 Å². The number of carbonyl (C=O) groups is 1. The summed E-state index contributed by atoms with van der Waals surface area (Å²) in [4.78, 5) is 13.1. The number of hydrogen-bond donors (Lipinski definition) is 3. The van der Waals surface area contributed by atoms with Gasteiger partial charge in [-0.1, -0.05) is 6.07 Å². The van der Waals surface area contributed by atoms with Gasteiger partial charge < -0.3 is 15.2 Å². The molecule has 1 saturated carbocycles. The van der Waals surface area contributed by atoms with Crippen LogP contribution < -0.4 is 19.7 Å². The minimum Gasteiger partial charge on any atom is -0.465 e. The number of ether oxygens (including phenoxy) is 1. The molecular formula is C26H26F2IN3O5S. The average molecular weight is 657 g/mol. The fourth-order valence-electron chi connectivity index (χ4n) is 3.80. The fraction of sp³-hybridized carbons (Fsp3) is 0.269. The topological polar surface area (TPSA) is 108 Å². The van der Waals surface area contributed by atoms with Crippen molar-refractivity contribution >= 4 is 61.5 Å². The second-order valence-corrected chi connectivity index (χ2v) is 13.0. The van der Waals surface area contributed by atoms with Crippen LogP contribution in [0.5, 0.6) is 11.5 Å². The van der Waals surface area contributed by atoms with Gasteiger partial charge in [0.05, 0.1) is 22.3 Å². The molecule has 0 aliphatic heterocycles. The molecule has 8 nitrogen and oxygen atoms in total. The summed E-state index contributed by atoms with van der Waals surface area (Å²) in [5, 5.41) is 11.9. The molecule has 202 valence electrons. The SMILES string of the molecule is CC(C)(C)N(C(=O)O)c1cccc(Oc2cc(F)cc(Nc3ccc(I)cc3F)c2NS(=O)(=O)C2CC2)c1. The van der Waals surface area contributed by atoms with E-state index in [-0.39, 0.29) is 28.6 Å². The highest BCUT2D eigenvalue weighted by Crippen LogP contribution is 2.42. The molecule has 0 bridgehead atoms. The second kappa shape index (κ2) is 10.6. The predicted octanol–water partition coefficient (Wildman–Crippen LogP) is 7.29. The van der Waals surface area contributed by atoms with Crippen LogP contribution in [0.2, 0.25) is 0 Å². The van der Waals surface area contributed by atoms with Crippen molar-refractivity contribution in [1.82, 2.24) is 0 Å². The highest BCUT2D eigenvalue weighted by Gasteiger charge is 2.37. The molecule has 0 radical (unpaired) electrons. The largest absolute Gasteiger partial charge is 0.465 e. The van der Waals surface area contributed by atoms with E-state index in [0.717, 1.165) is 17.0 Å². The second-order valence-electron chi connectivity index (χ2n) is 9.81. The van der Waals surface area contributed by atoms with Crippen molar-refractivity contribution in [2.45, 2.75) is 44.4 Å². The van der Waals surface area contributed by atoms with E-state index in [9.17, 15) is 27.1 Å². The van der Waals surface area contributed by atoms with Crippen LogP contribution in [-0.2, 0) is 10.0 Å². The summed E-state index contributed by atoms with van der Waals surface area (Å²) in [5.41, 5.74) is -0.616. The molecule has 0 atom stereocenters. The van der Waals surface area contributed by atoms with E-state index in [4.69, 9.17) is 4.74 Å². The quantitative estimate of drug-likeness (QED) is 0.220. The number of nitrogens with one attached hydrogen (secondary N) is 2. The Morgan fingerprint density at radius 1 is 1.08 bits per heavy atom. The minimum atomic E-state index is -3.82. The van der Waals surface area contributed by atoms with Crippen molar-refractivity contribution < 1.29 is 31.8 Å². The van der Waals surface area contributed by atoms with E-state index in [1.807, 2.05) is 22.6 Å². The minimum absolute atomic E-state index is 0.0121. The number of amides is 1. The highest BCUT2D eigenvalue weighted by atomic mass is 127. The van der Waals surface area contributed by atoms with E-state index in [0.29, 0.717) is 22.1 Å². The van der Waals surface area contributed by atoms with E-state index in [2.05, 4.69) is 10.0 Å². The van der Waals surface area contributed by atoms with Gasteiger partial charge in [0.25, 0.3) is 0 Å². The van der Waals surface area contributed by atoms with Crippen molar-refractivity contribution in [3.63, 3.8) is 0 Å². The van der Waals surface area contributed by atoms with Crippen molar-refractivity contribution in [1.29, 1.82) is 0 Å². The van der Waals surface area contributed by atoms with Gasteiger partial charge in [-0.05, 0) is 92.6 Å². The van der Waals surface area contributed by atoms with Crippen LogP contribution in [0.4, 0.5) is 36.3 Å². The lowest BCUT2D eigenvalue weighted by Crippen LogP contribution is -2.45. The number of benzene rings is 3. The van der Waals surface area contributed by atoms with Crippen LogP contribution in [0.25, 0.3) is 0 Å². The molecule has 1 fully saturated rings. The molecule has 0 unspecified atom stereocenters. The van der Waals surface area contributed by atoms with Crippen molar-refractivity contribution in [3.8, 4) is 11.5 Å². The summed E-state index contributed by atoms with van der Waals surface area (Å²) < 4.78 is 64.1. The lowest BCUT2D eigenvalue weighted by atomic mass is 10.1. The smallest absolute Gasteiger partial charge is 0.412 e. The summed E-state index contributed by atoms with van der Waals surface area (Å²) in [6.07, 6.45) is -0.202. The van der Waals surface area contributed by atoms with Crippen molar-refractivity contribution in [3.05, 3.63) is 69.8 Å². The van der Waals surface area contributed by atoms with Crippen molar-refractivity contribution in [2.75, 3.05) is 14.9 Å². The third-order valence-corrected chi connectivity index (χ3v) is 8.15. The molecule has 4 rings (SSSR count). The zero-order valence-electron chi connectivity index (χ0n) is 20.8. The highest BCUT2D eigenvalue weighted by molar-refractivity contribution is 14.1. The van der Waals surface area contributed by atoms with Gasteiger partial charge in [0.1, 0.15) is 23.1 Å². The molecule has 0 spiro atoms. The molecule has 3 N–H and O–H groups in total. The predicted molar refractivity (Wildman–Crippen MR) is 151 cm³/mol. The summed E-state index contributed by atoms with van der Waals surface area (Å²) in [7, 11) is -3.82. The molecular weight excluding hydrogens is 631 g/mol. The standard InChI is InChI=1S/C26H26F2IN3O5S/c1-26(2,3)32(25(33)34)17-5-4-6-18(14-17)37-23-12-15(27)11-22(24(23)31-38(35,36)19-8-9-19)30-21-10-7-16(29)13-20(21)28/h4-7,10-14,19,30-31H,8-9H2,1-3H3,(H,33,34). The molecule has 0 saturated heterocycles. The number of nitrogens with zero attached hydrogens (tertiary/aromatic N) is 1. The summed E-state index contributed by atoms with van der Waals surface area (Å²) >= 11 is 1.95. The van der Waals surface area contributed by atoms with Gasteiger partial charge in [0, 0.05) is 21.2 Å². The molecule has 1 aliphatic rings. The van der Waals surface area contributed by atoms with E-state index < -0.39 is 38.5 Å². The lowest BCUT2D eigenvalue weighted by molar-refractivity contribution is 0.195. The molecule has 3 aromatic carbocycles. The van der Waals surface area contributed by atoms with Gasteiger partial charge in [-0.2, -0.15) is 0 Å². The van der Waals surface area contributed by atoms with Gasteiger partial charge in [-0.3, -0.25) is 9.62 Å². The van der Waals surface area contributed by atoms with Gasteiger partial charge >= 0.3 is 6.09 Å². The number of carboxylic acid groups (broad SMARTS) is 1. The average Bonchev–Trinajstić information content (AvgIpc) is 3.63. The maximum absolute atomic E-state index is 14.8. The van der Waals surface area contributed by atoms with E-state index in [1.165, 1.54) is 24.3 Å². The summed E-state index contributed by atoms with van der Waals surface area (Å²) in [5.74, 6) is -1.41. The fourth-order valence-corrected chi connectivity index (χ4v) is 5.68. The molecule has 0 aromatic heterocycles. The van der Waals surface area contributed by atoms with Gasteiger partial charge in [-0.15, -0.1) is 0 Å². The molecule has 3 aromatic rings. The maximum atomic E-state index is 14.8. The molecule has 38 heavy (non-hydrogen) atoms. The van der Waals surface area contributed by atoms with Crippen LogP contribution in [0.15, 0.2) is 54.6 Å². The third kappa shape index (κ3) is 6.46. The first-order valence-corrected chi connectivity index (χ1v) is 14.3. The zero-order chi connectivity index (χ0) is 27.8. The Kier molecular flexibility index (Phi) is 7.75. The molecule has 1 amide bonds. The zero-order valence-corrected chi connectivity index (χ0v) is 23.7. The Hall–Kier alpha value is -3.13. The van der Waals surface area contributed by atoms with E-state index in [1.54, 1.807) is 39.0 Å². The Balaban J connectivity index is 1.78. The monoisotopic (exact) mass is 657 g/mol. The third-order valence-electron chi connectivity index (χ3n) is 5.64. The first-order valence-electron chi connectivity index (χ1n) is 11.6. The molecule has 1 aliphatic carbocycles. The number of hydrogen-bond acceptors (Lipinski definition) is 5. The summed E-state index contributed by atoms with van der Waals surface area (Å²) in [6, 6.07) is 12.6. The molecule has 0 heterocycles. The van der Waals surface area contributed by atoms with Gasteiger partial charge in [-0.25, -0.2) is 22.0 Å². The Labute approximate surface area is 233 Å². The van der Waals surface area contributed by atoms with Gasteiger partial charge in [0.2, 0.25) is 10.0 Å². The lowest BCUT2D eigenvalue weighted by Gasteiger charge is -2.33. The first-order chi connectivity index (χ1) is 17.7. The molecule has 12 heteroatoms. The van der Waals surface area contributed by atoms with Crippen LogP contribution in [0.1, 0.15) is 33.6 Å². The normalized spacial score (nSPS) is 13.6. The number of rotatable bonds is 8. The Morgan fingerprint density at radius 2 is 1.79 bits per heavy atom. The van der Waals surface area contributed by atoms with Crippen LogP contribution in [-0.4, -0.2) is 30.4 Å². The number of halogens is 3. The maximum Gasteiger partial charge on any atom is 0.412 e. The van der Waals surface area contributed by atoms with Crippen LogP contribution >= 0.6 is 22.6 Å². The summed E-state index contributed by atoms with van der Waals surface area (Å²) in [6.45, 7) is 5.19. The Morgan fingerprint density at radius 3 is 2.39 bits per heavy atom. The van der Waals surface area contributed by atoms with E-state index >= 15 is 0 Å². The number of anilines is 4. The number of sulfonamides is 1. The Bertz CT molecular complexity index is 1490.